The number of carbonyl (C=O) groups excluding carboxylic acids is 1. The van der Waals surface area contributed by atoms with Crippen LogP contribution in [-0.2, 0) is 34.0 Å². The number of alkyl halides is 6. The van der Waals surface area contributed by atoms with E-state index < -0.39 is 68.2 Å². The van der Waals surface area contributed by atoms with Gasteiger partial charge in [0.05, 0.1) is 6.61 Å². The quantitative estimate of drug-likeness (QED) is 0.299. The molecule has 0 aromatic heterocycles. The Hall–Kier alpha value is -1.13. The molecule has 142 valence electrons. The molecule has 2 unspecified atom stereocenters. The van der Waals surface area contributed by atoms with Crippen molar-refractivity contribution in [3.8, 4) is 0 Å². The second-order valence-corrected chi connectivity index (χ2v) is 7.74. The average Bonchev–Trinajstić information content (AvgIpc) is 2.72. The Bertz CT molecular complexity index is 713. The highest BCUT2D eigenvalue weighted by Gasteiger charge is 2.77. The number of esters is 1. The normalized spacial score (nSPS) is 24.4. The Kier molecular flexibility index (Phi) is 5.22. The number of rotatable bonds is 5. The van der Waals surface area contributed by atoms with Crippen LogP contribution in [0.2, 0.25) is 0 Å². The van der Waals surface area contributed by atoms with Gasteiger partial charge in [-0.25, -0.2) is 4.39 Å². The molecule has 1 aliphatic heterocycles. The Morgan fingerprint density at radius 1 is 1.21 bits per heavy atom. The smallest absolute Gasteiger partial charge is 0.433 e. The van der Waals surface area contributed by atoms with Crippen LogP contribution in [0.15, 0.2) is 0 Å². The van der Waals surface area contributed by atoms with Gasteiger partial charge in [-0.1, -0.05) is 0 Å². The molecule has 1 N–H and O–H groups in total. The molecule has 0 saturated carbocycles. The summed E-state index contributed by atoms with van der Waals surface area (Å²) in [5.41, 5.74) is -6.02. The van der Waals surface area contributed by atoms with E-state index in [0.717, 1.165) is 0 Å². The highest BCUT2D eigenvalue weighted by molar-refractivity contribution is 7.88. The van der Waals surface area contributed by atoms with Gasteiger partial charge in [-0.15, -0.1) is 0 Å². The van der Waals surface area contributed by atoms with Gasteiger partial charge < -0.3 is 4.74 Å². The van der Waals surface area contributed by atoms with Gasteiger partial charge in [0.1, 0.15) is 6.61 Å². The first kappa shape index (κ1) is 20.9. The molecule has 0 amide bonds. The van der Waals surface area contributed by atoms with E-state index in [0.29, 0.717) is 0 Å². The van der Waals surface area contributed by atoms with E-state index in [1.807, 2.05) is 0 Å². The van der Waals surface area contributed by atoms with Crippen molar-refractivity contribution in [3.05, 3.63) is 0 Å². The Morgan fingerprint density at radius 2 is 1.71 bits per heavy atom. The SMILES string of the molecule is O=C(OCC(F)(C(F)(F)F)C(F)(F)S(=O)(=O)O)C1CCOS1(=O)=O. The van der Waals surface area contributed by atoms with Crippen molar-refractivity contribution in [3.63, 3.8) is 0 Å². The van der Waals surface area contributed by atoms with Crippen LogP contribution in [0.3, 0.4) is 0 Å². The fourth-order valence-corrected chi connectivity index (χ4v) is 3.30. The lowest BCUT2D eigenvalue weighted by Crippen LogP contribution is -2.62. The van der Waals surface area contributed by atoms with Crippen molar-refractivity contribution in [2.45, 2.75) is 28.8 Å². The Labute approximate surface area is 130 Å². The molecule has 2 atom stereocenters. The first-order chi connectivity index (χ1) is 10.5. The third-order valence-electron chi connectivity index (χ3n) is 2.89. The molecule has 0 bridgehead atoms. The maximum Gasteiger partial charge on any atom is 0.433 e. The van der Waals surface area contributed by atoms with Crippen molar-refractivity contribution >= 4 is 26.2 Å². The van der Waals surface area contributed by atoms with Crippen molar-refractivity contribution in [1.29, 1.82) is 0 Å². The van der Waals surface area contributed by atoms with E-state index in [9.17, 15) is 48.0 Å². The lowest BCUT2D eigenvalue weighted by Gasteiger charge is -2.32. The molecule has 16 heteroatoms. The van der Waals surface area contributed by atoms with Crippen LogP contribution >= 0.6 is 0 Å². The zero-order valence-corrected chi connectivity index (χ0v) is 12.7. The fraction of sp³-hybridized carbons (Fsp3) is 0.875. The number of ether oxygens (including phenoxy) is 1. The van der Waals surface area contributed by atoms with Crippen LogP contribution in [0.1, 0.15) is 6.42 Å². The molecule has 0 aliphatic carbocycles. The van der Waals surface area contributed by atoms with Gasteiger partial charge in [0, 0.05) is 6.42 Å². The van der Waals surface area contributed by atoms with Crippen LogP contribution in [0.5, 0.6) is 0 Å². The average molecular weight is 410 g/mol. The van der Waals surface area contributed by atoms with E-state index in [1.54, 1.807) is 0 Å². The number of hydrogen-bond donors (Lipinski definition) is 1. The summed E-state index contributed by atoms with van der Waals surface area (Å²) in [6.07, 6.45) is -7.20. The molecule has 0 aromatic rings. The summed E-state index contributed by atoms with van der Waals surface area (Å²) in [4.78, 5) is 11.3. The van der Waals surface area contributed by atoms with Crippen LogP contribution in [0, 0.1) is 0 Å². The predicted octanol–water partition coefficient (Wildman–Crippen LogP) is 0.400. The van der Waals surface area contributed by atoms with E-state index >= 15 is 0 Å². The Balaban J connectivity index is 3.12. The molecule has 1 aliphatic rings. The summed E-state index contributed by atoms with van der Waals surface area (Å²) in [5.74, 6) is -2.05. The van der Waals surface area contributed by atoms with Crippen LogP contribution in [0.4, 0.5) is 26.3 Å². The zero-order valence-electron chi connectivity index (χ0n) is 11.1. The van der Waals surface area contributed by atoms with E-state index in [-0.39, 0.29) is 0 Å². The summed E-state index contributed by atoms with van der Waals surface area (Å²) in [5, 5.41) is -8.61. The maximum atomic E-state index is 13.7. The number of hydrogen-bond acceptors (Lipinski definition) is 7. The van der Waals surface area contributed by atoms with Crippen molar-refractivity contribution < 1.29 is 61.4 Å². The van der Waals surface area contributed by atoms with Crippen LogP contribution < -0.4 is 0 Å². The number of halogens is 6. The van der Waals surface area contributed by atoms with E-state index in [2.05, 4.69) is 8.92 Å². The van der Waals surface area contributed by atoms with Gasteiger partial charge >= 0.3 is 33.2 Å². The van der Waals surface area contributed by atoms with Crippen LogP contribution in [-0.4, -0.2) is 62.9 Å². The van der Waals surface area contributed by atoms with Crippen molar-refractivity contribution in [1.82, 2.24) is 0 Å². The molecule has 1 heterocycles. The molecular formula is C8H8F6O8S2. The minimum atomic E-state index is -6.90. The number of carbonyl (C=O) groups is 1. The molecule has 0 aromatic carbocycles. The highest BCUT2D eigenvalue weighted by atomic mass is 32.2. The minimum absolute atomic E-state index is 0.552. The molecule has 1 saturated heterocycles. The minimum Gasteiger partial charge on any atom is -0.461 e. The molecule has 24 heavy (non-hydrogen) atoms. The lowest BCUT2D eigenvalue weighted by molar-refractivity contribution is -0.291. The van der Waals surface area contributed by atoms with Gasteiger partial charge in [-0.2, -0.15) is 38.8 Å². The van der Waals surface area contributed by atoms with Gasteiger partial charge in [0.15, 0.2) is 5.25 Å². The Morgan fingerprint density at radius 3 is 2.04 bits per heavy atom. The first-order valence-electron chi connectivity index (χ1n) is 5.63. The lowest BCUT2D eigenvalue weighted by atomic mass is 10.1. The molecule has 0 spiro atoms. The predicted molar refractivity (Wildman–Crippen MR) is 60.6 cm³/mol. The molecule has 0 radical (unpaired) electrons. The first-order valence-corrected chi connectivity index (χ1v) is 8.54. The summed E-state index contributed by atoms with van der Waals surface area (Å²) in [6, 6.07) is 0. The molecule has 1 rings (SSSR count). The van der Waals surface area contributed by atoms with Gasteiger partial charge in [0.2, 0.25) is 0 Å². The standard InChI is InChI=1S/C8H8F6O8S2/c9-6(7(10,11)12,8(13,14)24(18,19)20)3-21-5(15)4-1-2-22-23(4,16)17/h4H,1-3H2,(H,18,19,20). The summed E-state index contributed by atoms with van der Waals surface area (Å²) < 4.78 is 137. The third-order valence-corrected chi connectivity index (χ3v) is 5.48. The maximum absolute atomic E-state index is 13.7. The van der Waals surface area contributed by atoms with Gasteiger partial charge in [-0.05, 0) is 0 Å². The van der Waals surface area contributed by atoms with Gasteiger partial charge in [0.25, 0.3) is 10.1 Å². The summed E-state index contributed by atoms with van der Waals surface area (Å²) >= 11 is 0. The van der Waals surface area contributed by atoms with E-state index in [4.69, 9.17) is 4.55 Å². The van der Waals surface area contributed by atoms with Crippen LogP contribution in [0.25, 0.3) is 0 Å². The second kappa shape index (κ2) is 5.99. The third kappa shape index (κ3) is 3.45. The second-order valence-electron chi connectivity index (χ2n) is 4.49. The largest absolute Gasteiger partial charge is 0.461 e. The summed E-state index contributed by atoms with van der Waals surface area (Å²) in [7, 11) is -11.5. The molecular weight excluding hydrogens is 402 g/mol. The highest BCUT2D eigenvalue weighted by Crippen LogP contribution is 2.48. The monoisotopic (exact) mass is 410 g/mol. The summed E-state index contributed by atoms with van der Waals surface area (Å²) in [6.45, 7) is -3.46. The molecule has 8 nitrogen and oxygen atoms in total. The fourth-order valence-electron chi connectivity index (χ4n) is 1.53. The topological polar surface area (TPSA) is 124 Å². The van der Waals surface area contributed by atoms with E-state index in [1.165, 1.54) is 0 Å². The molecule has 1 fully saturated rings. The van der Waals surface area contributed by atoms with Crippen molar-refractivity contribution in [2.75, 3.05) is 13.2 Å². The van der Waals surface area contributed by atoms with Crippen molar-refractivity contribution in [2.24, 2.45) is 0 Å². The zero-order chi connectivity index (χ0) is 19.2. The van der Waals surface area contributed by atoms with Gasteiger partial charge in [-0.3, -0.25) is 13.5 Å².